The van der Waals surface area contributed by atoms with E-state index in [1.54, 1.807) is 6.07 Å². The van der Waals surface area contributed by atoms with Gasteiger partial charge in [0.1, 0.15) is 5.69 Å². The minimum Gasteiger partial charge on any atom is -0.489 e. The molecule has 0 radical (unpaired) electrons. The maximum atomic E-state index is 12.4. The summed E-state index contributed by atoms with van der Waals surface area (Å²) in [4.78, 5) is 24.2. The quantitative estimate of drug-likeness (QED) is 0.818. The molecule has 144 valence electrons. The van der Waals surface area contributed by atoms with Crippen molar-refractivity contribution < 1.29 is 14.3 Å². The average molecular weight is 392 g/mol. The van der Waals surface area contributed by atoms with E-state index < -0.39 is 0 Å². The van der Waals surface area contributed by atoms with Crippen LogP contribution in [0.2, 0.25) is 5.02 Å². The van der Waals surface area contributed by atoms with E-state index in [-0.39, 0.29) is 23.7 Å². The first-order valence-corrected chi connectivity index (χ1v) is 9.40. The second-order valence-corrected chi connectivity index (χ2v) is 6.68. The number of aryl methyl sites for hydroxylation is 1. The van der Waals surface area contributed by atoms with Crippen LogP contribution in [0.5, 0.6) is 11.5 Å². The zero-order valence-corrected chi connectivity index (χ0v) is 15.9. The molecule has 0 spiro atoms. The summed E-state index contributed by atoms with van der Waals surface area (Å²) in [5.41, 5.74) is 0.776. The van der Waals surface area contributed by atoms with Gasteiger partial charge in [-0.2, -0.15) is 5.10 Å². The number of hydrogen-bond donors (Lipinski definition) is 1. The predicted octanol–water partition coefficient (Wildman–Crippen LogP) is 2.79. The molecule has 1 aliphatic rings. The Kier molecular flexibility index (Phi) is 6.34. The van der Waals surface area contributed by atoms with E-state index in [0.717, 1.165) is 24.8 Å². The fraction of sp³-hybridized carbons (Fsp3) is 0.421. The lowest BCUT2D eigenvalue weighted by Crippen LogP contribution is -2.29. The van der Waals surface area contributed by atoms with Crippen LogP contribution in [0.3, 0.4) is 0 Å². The molecule has 0 unspecified atom stereocenters. The molecule has 0 saturated heterocycles. The number of unbranched alkanes of at least 4 members (excludes halogenated alkanes) is 1. The molecule has 8 heteroatoms. The highest BCUT2D eigenvalue weighted by Gasteiger charge is 2.16. The number of benzene rings is 1. The average Bonchev–Trinajstić information content (AvgIpc) is 2.91. The molecule has 27 heavy (non-hydrogen) atoms. The molecule has 1 aromatic heterocycles. The normalized spacial score (nSPS) is 13.1. The van der Waals surface area contributed by atoms with Crippen molar-refractivity contribution in [2.45, 2.75) is 39.3 Å². The monoisotopic (exact) mass is 391 g/mol. The zero-order valence-electron chi connectivity index (χ0n) is 15.2. The van der Waals surface area contributed by atoms with E-state index in [1.807, 2.05) is 13.0 Å². The van der Waals surface area contributed by atoms with E-state index in [0.29, 0.717) is 36.3 Å². The summed E-state index contributed by atoms with van der Waals surface area (Å²) in [7, 11) is 0. The number of ether oxygens (including phenoxy) is 2. The molecular weight excluding hydrogens is 370 g/mol. The highest BCUT2D eigenvalue weighted by atomic mass is 35.5. The molecule has 2 aromatic rings. The van der Waals surface area contributed by atoms with Crippen molar-refractivity contribution in [1.29, 1.82) is 0 Å². The van der Waals surface area contributed by atoms with Gasteiger partial charge in [0, 0.05) is 25.6 Å². The molecule has 1 aliphatic heterocycles. The Morgan fingerprint density at radius 2 is 2.11 bits per heavy atom. The van der Waals surface area contributed by atoms with Crippen LogP contribution in [-0.4, -0.2) is 28.9 Å². The first-order chi connectivity index (χ1) is 13.1. The van der Waals surface area contributed by atoms with Crippen LogP contribution < -0.4 is 20.3 Å². The number of halogens is 1. The fourth-order valence-corrected chi connectivity index (χ4v) is 2.99. The number of fused-ring (bicyclic) bond motifs is 1. The largest absolute Gasteiger partial charge is 0.489 e. The van der Waals surface area contributed by atoms with Crippen molar-refractivity contribution in [1.82, 2.24) is 15.1 Å². The zero-order chi connectivity index (χ0) is 19.2. The van der Waals surface area contributed by atoms with E-state index in [2.05, 4.69) is 10.4 Å². The second kappa shape index (κ2) is 8.90. The smallest absolute Gasteiger partial charge is 0.271 e. The van der Waals surface area contributed by atoms with Crippen molar-refractivity contribution in [2.75, 3.05) is 13.2 Å². The maximum absolute atomic E-state index is 12.4. The molecule has 0 fully saturated rings. The molecule has 1 aromatic carbocycles. The Balaban J connectivity index is 1.70. The third kappa shape index (κ3) is 4.80. The van der Waals surface area contributed by atoms with Gasteiger partial charge in [0.05, 0.1) is 18.2 Å². The maximum Gasteiger partial charge on any atom is 0.271 e. The van der Waals surface area contributed by atoms with Crippen LogP contribution in [-0.2, 0) is 13.1 Å². The van der Waals surface area contributed by atoms with Gasteiger partial charge in [-0.15, -0.1) is 0 Å². The number of aromatic nitrogens is 2. The van der Waals surface area contributed by atoms with Crippen molar-refractivity contribution in [3.05, 3.63) is 50.9 Å². The lowest BCUT2D eigenvalue weighted by Gasteiger charge is -2.12. The Hall–Kier alpha value is -2.54. The first kappa shape index (κ1) is 19.2. The van der Waals surface area contributed by atoms with Crippen LogP contribution in [0, 0.1) is 0 Å². The fourth-order valence-electron chi connectivity index (χ4n) is 2.70. The minimum atomic E-state index is -0.358. The van der Waals surface area contributed by atoms with Gasteiger partial charge in [-0.1, -0.05) is 24.9 Å². The van der Waals surface area contributed by atoms with Crippen molar-refractivity contribution in [2.24, 2.45) is 0 Å². The number of nitrogens with one attached hydrogen (secondary N) is 1. The van der Waals surface area contributed by atoms with Gasteiger partial charge in [-0.05, 0) is 30.2 Å². The Morgan fingerprint density at radius 1 is 1.30 bits per heavy atom. The molecule has 0 bridgehead atoms. The molecule has 1 N–H and O–H groups in total. The summed E-state index contributed by atoms with van der Waals surface area (Å²) >= 11 is 6.27. The minimum absolute atomic E-state index is 0.200. The lowest BCUT2D eigenvalue weighted by molar-refractivity contribution is 0.0943. The Labute approximate surface area is 162 Å². The van der Waals surface area contributed by atoms with Gasteiger partial charge in [0.25, 0.3) is 11.5 Å². The van der Waals surface area contributed by atoms with Crippen LogP contribution in [0.4, 0.5) is 0 Å². The summed E-state index contributed by atoms with van der Waals surface area (Å²) in [5.74, 6) is 0.757. The number of hydrogen-bond acceptors (Lipinski definition) is 5. The van der Waals surface area contributed by atoms with Crippen LogP contribution in [0.15, 0.2) is 29.1 Å². The first-order valence-electron chi connectivity index (χ1n) is 9.03. The van der Waals surface area contributed by atoms with Gasteiger partial charge >= 0.3 is 0 Å². The molecule has 7 nitrogen and oxygen atoms in total. The standard InChI is InChI=1S/C19H22ClN3O4/c1-2-3-7-23-17(24)6-5-15(22-23)19(25)21-12-13-10-14(20)18-16(11-13)26-8-4-9-27-18/h5-6,10-11H,2-4,7-9,12H2,1H3,(H,21,25). The topological polar surface area (TPSA) is 82.5 Å². The molecule has 2 heterocycles. The number of nitrogens with zero attached hydrogens (tertiary/aromatic N) is 2. The van der Waals surface area contributed by atoms with E-state index >= 15 is 0 Å². The van der Waals surface area contributed by atoms with E-state index in [4.69, 9.17) is 21.1 Å². The van der Waals surface area contributed by atoms with Crippen molar-refractivity contribution in [3.63, 3.8) is 0 Å². The summed E-state index contributed by atoms with van der Waals surface area (Å²) in [6.45, 7) is 3.89. The summed E-state index contributed by atoms with van der Waals surface area (Å²) in [6.07, 6.45) is 2.56. The molecule has 0 aliphatic carbocycles. The second-order valence-electron chi connectivity index (χ2n) is 6.27. The summed E-state index contributed by atoms with van der Waals surface area (Å²) in [6, 6.07) is 6.34. The molecule has 0 atom stereocenters. The van der Waals surface area contributed by atoms with Gasteiger partial charge in [-0.3, -0.25) is 9.59 Å². The number of carbonyl (C=O) groups excluding carboxylic acids is 1. The summed E-state index contributed by atoms with van der Waals surface area (Å²) in [5, 5.41) is 7.39. The highest BCUT2D eigenvalue weighted by molar-refractivity contribution is 6.32. The van der Waals surface area contributed by atoms with Crippen LogP contribution in [0.1, 0.15) is 42.2 Å². The summed E-state index contributed by atoms with van der Waals surface area (Å²) < 4.78 is 12.6. The highest BCUT2D eigenvalue weighted by Crippen LogP contribution is 2.37. The van der Waals surface area contributed by atoms with Gasteiger partial charge in [0.2, 0.25) is 0 Å². The van der Waals surface area contributed by atoms with Crippen LogP contribution in [0.25, 0.3) is 0 Å². The predicted molar refractivity (Wildman–Crippen MR) is 102 cm³/mol. The lowest BCUT2D eigenvalue weighted by atomic mass is 10.2. The Bertz CT molecular complexity index is 882. The van der Waals surface area contributed by atoms with Gasteiger partial charge in [-0.25, -0.2) is 4.68 Å². The molecular formula is C19H22ClN3O4. The molecule has 3 rings (SSSR count). The number of carbonyl (C=O) groups is 1. The Morgan fingerprint density at radius 3 is 2.93 bits per heavy atom. The number of amides is 1. The van der Waals surface area contributed by atoms with Gasteiger partial charge in [0.15, 0.2) is 11.5 Å². The third-order valence-electron chi connectivity index (χ3n) is 4.14. The van der Waals surface area contributed by atoms with E-state index in [9.17, 15) is 9.59 Å². The SMILES string of the molecule is CCCCn1nc(C(=O)NCc2cc(Cl)c3c(c2)OCCCO3)ccc1=O. The molecule has 0 saturated carbocycles. The van der Waals surface area contributed by atoms with Crippen molar-refractivity contribution in [3.8, 4) is 11.5 Å². The number of rotatable bonds is 6. The van der Waals surface area contributed by atoms with E-state index in [1.165, 1.54) is 16.8 Å². The van der Waals surface area contributed by atoms with Crippen molar-refractivity contribution >= 4 is 17.5 Å². The van der Waals surface area contributed by atoms with Gasteiger partial charge < -0.3 is 14.8 Å². The molecule has 1 amide bonds. The van der Waals surface area contributed by atoms with Crippen LogP contribution >= 0.6 is 11.6 Å². The third-order valence-corrected chi connectivity index (χ3v) is 4.42.